The Balaban J connectivity index is 1.34. The van der Waals surface area contributed by atoms with Crippen molar-refractivity contribution in [2.45, 2.75) is 11.5 Å². The van der Waals surface area contributed by atoms with Gasteiger partial charge >= 0.3 is 26.3 Å². The van der Waals surface area contributed by atoms with Gasteiger partial charge in [0.2, 0.25) is 0 Å². The lowest BCUT2D eigenvalue weighted by Crippen LogP contribution is -2.20. The fourth-order valence-corrected chi connectivity index (χ4v) is 5.86. The van der Waals surface area contributed by atoms with Crippen molar-refractivity contribution in [2.75, 3.05) is 24.9 Å². The molecule has 0 aromatic heterocycles. The smallest absolute Gasteiger partial charge is 0.323 e. The molecule has 0 fully saturated rings. The minimum atomic E-state index is -4.05. The zero-order valence-corrected chi connectivity index (χ0v) is 24.3. The molecule has 0 aliphatic rings. The van der Waals surface area contributed by atoms with Crippen LogP contribution in [0.3, 0.4) is 0 Å². The first kappa shape index (κ1) is 30.2. The molecule has 2 amide bonds. The van der Waals surface area contributed by atoms with Crippen LogP contribution in [0.4, 0.5) is 16.2 Å². The summed E-state index contributed by atoms with van der Waals surface area (Å²) >= 11 is 0. The average molecular weight is 613 g/mol. The average Bonchev–Trinajstić information content (AvgIpc) is 2.95. The number of carbonyl (C=O) groups excluding carboxylic acids is 1. The van der Waals surface area contributed by atoms with Gasteiger partial charge in [-0.2, -0.15) is 16.8 Å². The number of rotatable bonds is 12. The van der Waals surface area contributed by atoms with E-state index in [0.29, 0.717) is 28.3 Å². The zero-order valence-electron chi connectivity index (χ0n) is 22.6. The van der Waals surface area contributed by atoms with Crippen LogP contribution >= 0.6 is 0 Å². The van der Waals surface area contributed by atoms with E-state index in [0.717, 1.165) is 0 Å². The second-order valence-electron chi connectivity index (χ2n) is 8.87. The van der Waals surface area contributed by atoms with Crippen LogP contribution in [-0.4, -0.2) is 37.1 Å². The first-order chi connectivity index (χ1) is 20.0. The molecular formula is C29H28N2O9S2. The largest absolute Gasteiger partial charge is 0.497 e. The van der Waals surface area contributed by atoms with Gasteiger partial charge in [0.05, 0.1) is 19.9 Å². The molecule has 220 valence electrons. The van der Waals surface area contributed by atoms with E-state index in [1.807, 2.05) is 0 Å². The van der Waals surface area contributed by atoms with Crippen molar-refractivity contribution in [2.24, 2.45) is 0 Å². The predicted octanol–water partition coefficient (Wildman–Crippen LogP) is 5.17. The van der Waals surface area contributed by atoms with E-state index < -0.39 is 26.3 Å². The molecule has 0 heterocycles. The second-order valence-corrected chi connectivity index (χ2v) is 12.0. The van der Waals surface area contributed by atoms with E-state index in [2.05, 4.69) is 10.6 Å². The molecule has 4 aromatic carbocycles. The van der Waals surface area contributed by atoms with Crippen LogP contribution in [0.5, 0.6) is 23.0 Å². The molecule has 4 aromatic rings. The zero-order chi connectivity index (χ0) is 30.2. The summed E-state index contributed by atoms with van der Waals surface area (Å²) in [4.78, 5) is 12.6. The van der Waals surface area contributed by atoms with Crippen molar-refractivity contribution < 1.29 is 39.5 Å². The van der Waals surface area contributed by atoms with E-state index in [9.17, 15) is 21.6 Å². The van der Waals surface area contributed by atoms with Crippen LogP contribution in [-0.2, 0) is 31.7 Å². The maximum absolute atomic E-state index is 12.7. The maximum atomic E-state index is 12.7. The number of anilines is 2. The Morgan fingerprint density at radius 1 is 0.595 bits per heavy atom. The first-order valence-electron chi connectivity index (χ1n) is 12.4. The van der Waals surface area contributed by atoms with Crippen LogP contribution in [0, 0.1) is 0 Å². The Kier molecular flexibility index (Phi) is 9.55. The van der Waals surface area contributed by atoms with E-state index in [1.54, 1.807) is 60.7 Å². The number of hydrogen-bond acceptors (Lipinski definition) is 9. The third-order valence-corrected chi connectivity index (χ3v) is 7.95. The van der Waals surface area contributed by atoms with Crippen LogP contribution in [0.15, 0.2) is 97.1 Å². The molecule has 0 saturated carbocycles. The van der Waals surface area contributed by atoms with E-state index in [-0.39, 0.29) is 28.7 Å². The lowest BCUT2D eigenvalue weighted by molar-refractivity contribution is 0.262. The number of nitrogens with one attached hydrogen (secondary N) is 2. The third-order valence-electron chi connectivity index (χ3n) is 5.69. The summed E-state index contributed by atoms with van der Waals surface area (Å²) in [5, 5.41) is 5.14. The van der Waals surface area contributed by atoms with Gasteiger partial charge < -0.3 is 28.5 Å². The summed E-state index contributed by atoms with van der Waals surface area (Å²) in [7, 11) is -4.96. The highest BCUT2D eigenvalue weighted by atomic mass is 32.2. The number of carbonyl (C=O) groups is 1. The lowest BCUT2D eigenvalue weighted by atomic mass is 10.2. The Morgan fingerprint density at radius 3 is 1.60 bits per heavy atom. The van der Waals surface area contributed by atoms with Gasteiger partial charge in [-0.1, -0.05) is 36.4 Å². The van der Waals surface area contributed by atoms with Gasteiger partial charge in [-0.05, 0) is 71.8 Å². The monoisotopic (exact) mass is 612 g/mol. The highest BCUT2D eigenvalue weighted by molar-refractivity contribution is 7.86. The maximum Gasteiger partial charge on any atom is 0.323 e. The van der Waals surface area contributed by atoms with Crippen molar-refractivity contribution >= 4 is 37.6 Å². The second kappa shape index (κ2) is 13.3. The lowest BCUT2D eigenvalue weighted by Gasteiger charge is -2.13. The summed E-state index contributed by atoms with van der Waals surface area (Å²) < 4.78 is 70.9. The van der Waals surface area contributed by atoms with Crippen molar-refractivity contribution in [1.82, 2.24) is 0 Å². The summed E-state index contributed by atoms with van der Waals surface area (Å²) in [5.74, 6) is 0.477. The third kappa shape index (κ3) is 8.88. The standard InChI is InChI=1S/C29H28N2O9S2/c1-37-24-13-7-21(8-14-24)19-41(33,34)39-26-17-11-23(12-18-26)30-29(32)31-27-5-3-4-6-28(27)40-42(35,36)20-22-9-15-25(38-2)16-10-22/h3-18H,19-20H2,1-2H3,(H2,30,31,32). The molecule has 0 aliphatic carbocycles. The minimum Gasteiger partial charge on any atom is -0.497 e. The molecule has 0 atom stereocenters. The van der Waals surface area contributed by atoms with Crippen molar-refractivity contribution in [3.8, 4) is 23.0 Å². The van der Waals surface area contributed by atoms with Crippen LogP contribution < -0.4 is 28.5 Å². The normalized spacial score (nSPS) is 11.3. The van der Waals surface area contributed by atoms with Crippen molar-refractivity contribution in [3.05, 3.63) is 108 Å². The van der Waals surface area contributed by atoms with Gasteiger partial charge in [0.1, 0.15) is 28.8 Å². The van der Waals surface area contributed by atoms with E-state index >= 15 is 0 Å². The van der Waals surface area contributed by atoms with Crippen molar-refractivity contribution in [1.29, 1.82) is 0 Å². The summed E-state index contributed by atoms with van der Waals surface area (Å²) in [6.45, 7) is 0. The van der Waals surface area contributed by atoms with Gasteiger partial charge in [-0.15, -0.1) is 0 Å². The molecule has 0 saturated heterocycles. The predicted molar refractivity (Wildman–Crippen MR) is 158 cm³/mol. The fraction of sp³-hybridized carbons (Fsp3) is 0.138. The summed E-state index contributed by atoms with van der Waals surface area (Å²) in [5.41, 5.74) is 1.49. The number of para-hydroxylation sites is 2. The molecule has 0 unspecified atom stereocenters. The molecule has 0 bridgehead atoms. The van der Waals surface area contributed by atoms with Crippen LogP contribution in [0.2, 0.25) is 0 Å². The van der Waals surface area contributed by atoms with Crippen molar-refractivity contribution in [3.63, 3.8) is 0 Å². The Bertz CT molecular complexity index is 1720. The molecule has 0 spiro atoms. The van der Waals surface area contributed by atoms with E-state index in [1.165, 1.54) is 50.6 Å². The van der Waals surface area contributed by atoms with Gasteiger partial charge in [0.25, 0.3) is 0 Å². The minimum absolute atomic E-state index is 0.0630. The Hall–Kier alpha value is -4.75. The molecule has 0 aliphatic heterocycles. The summed E-state index contributed by atoms with van der Waals surface area (Å²) in [6, 6.07) is 24.2. The van der Waals surface area contributed by atoms with Crippen LogP contribution in [0.25, 0.3) is 0 Å². The topological polar surface area (TPSA) is 146 Å². The Morgan fingerprint density at radius 2 is 1.07 bits per heavy atom. The van der Waals surface area contributed by atoms with E-state index in [4.69, 9.17) is 17.8 Å². The van der Waals surface area contributed by atoms with Gasteiger partial charge in [-0.3, -0.25) is 0 Å². The number of ether oxygens (including phenoxy) is 2. The Labute approximate surface area is 244 Å². The number of amides is 2. The van der Waals surface area contributed by atoms with Gasteiger partial charge in [0, 0.05) is 5.69 Å². The van der Waals surface area contributed by atoms with Crippen LogP contribution in [0.1, 0.15) is 11.1 Å². The summed E-state index contributed by atoms with van der Waals surface area (Å²) in [6.07, 6.45) is 0. The molecule has 2 N–H and O–H groups in total. The highest BCUT2D eigenvalue weighted by Gasteiger charge is 2.18. The number of urea groups is 1. The first-order valence-corrected chi connectivity index (χ1v) is 15.6. The molecule has 11 nitrogen and oxygen atoms in total. The van der Waals surface area contributed by atoms with Gasteiger partial charge in [-0.25, -0.2) is 4.79 Å². The number of methoxy groups -OCH3 is 2. The quantitative estimate of drug-likeness (QED) is 0.207. The number of hydrogen-bond donors (Lipinski definition) is 2. The molecule has 0 radical (unpaired) electrons. The SMILES string of the molecule is COc1ccc(CS(=O)(=O)Oc2ccc(NC(=O)Nc3ccccc3OS(=O)(=O)Cc3ccc(OC)cc3)cc2)cc1. The molecular weight excluding hydrogens is 584 g/mol. The molecule has 42 heavy (non-hydrogen) atoms. The fourth-order valence-electron chi connectivity index (χ4n) is 3.72. The highest BCUT2D eigenvalue weighted by Crippen LogP contribution is 2.27. The molecule has 13 heteroatoms. The number of benzene rings is 4. The van der Waals surface area contributed by atoms with Gasteiger partial charge in [0.15, 0.2) is 5.75 Å². The molecule has 4 rings (SSSR count).